The molecule has 0 spiro atoms. The van der Waals surface area contributed by atoms with Gasteiger partial charge in [0.2, 0.25) is 5.91 Å². The van der Waals surface area contributed by atoms with Crippen molar-refractivity contribution < 1.29 is 19.1 Å². The van der Waals surface area contributed by atoms with Gasteiger partial charge in [0.15, 0.2) is 12.4 Å². The lowest BCUT2D eigenvalue weighted by Gasteiger charge is -2.40. The van der Waals surface area contributed by atoms with E-state index in [2.05, 4.69) is 15.5 Å². The SMILES string of the molecule is CCCn1nnnc1COC(=O)[C@H]1CCC(=O)N(c2ccc(OC)cc2)[C@@H]1c1ccccc1. The van der Waals surface area contributed by atoms with Gasteiger partial charge in [0.05, 0.1) is 19.1 Å². The quantitative estimate of drug-likeness (QED) is 0.487. The summed E-state index contributed by atoms with van der Waals surface area (Å²) < 4.78 is 12.5. The summed E-state index contributed by atoms with van der Waals surface area (Å²) in [6, 6.07) is 16.4. The Kier molecular flexibility index (Phi) is 6.97. The van der Waals surface area contributed by atoms with E-state index in [0.29, 0.717) is 30.2 Å². The number of aromatic nitrogens is 4. The van der Waals surface area contributed by atoms with Crippen molar-refractivity contribution in [2.24, 2.45) is 5.92 Å². The van der Waals surface area contributed by atoms with E-state index in [1.165, 1.54) is 0 Å². The number of tetrazole rings is 1. The fraction of sp³-hybridized carbons (Fsp3) is 0.375. The van der Waals surface area contributed by atoms with Crippen molar-refractivity contribution in [1.82, 2.24) is 20.2 Å². The third-order valence-electron chi connectivity index (χ3n) is 5.78. The molecule has 9 nitrogen and oxygen atoms in total. The van der Waals surface area contributed by atoms with E-state index in [4.69, 9.17) is 9.47 Å². The summed E-state index contributed by atoms with van der Waals surface area (Å²) in [6.45, 7) is 2.66. The molecule has 9 heteroatoms. The van der Waals surface area contributed by atoms with E-state index in [-0.39, 0.29) is 24.9 Å². The van der Waals surface area contributed by atoms with Gasteiger partial charge in [-0.2, -0.15) is 0 Å². The highest BCUT2D eigenvalue weighted by atomic mass is 16.5. The number of nitrogens with zero attached hydrogens (tertiary/aromatic N) is 5. The molecule has 1 amide bonds. The van der Waals surface area contributed by atoms with Crippen molar-refractivity contribution in [2.45, 2.75) is 45.4 Å². The molecule has 0 unspecified atom stereocenters. The number of anilines is 1. The van der Waals surface area contributed by atoms with Crippen molar-refractivity contribution in [3.8, 4) is 5.75 Å². The summed E-state index contributed by atoms with van der Waals surface area (Å²) in [6.07, 6.45) is 1.52. The Labute approximate surface area is 192 Å². The van der Waals surface area contributed by atoms with Gasteiger partial charge in [0.1, 0.15) is 5.75 Å². The summed E-state index contributed by atoms with van der Waals surface area (Å²) >= 11 is 0. The first-order valence-corrected chi connectivity index (χ1v) is 11.0. The Bertz CT molecular complexity index is 1080. The summed E-state index contributed by atoms with van der Waals surface area (Å²) in [5, 5.41) is 11.6. The predicted molar refractivity (Wildman–Crippen MR) is 120 cm³/mol. The molecule has 2 aromatic carbocycles. The highest BCUT2D eigenvalue weighted by molar-refractivity contribution is 5.97. The highest BCUT2D eigenvalue weighted by Gasteiger charge is 2.42. The van der Waals surface area contributed by atoms with E-state index in [1.807, 2.05) is 49.4 Å². The van der Waals surface area contributed by atoms with E-state index >= 15 is 0 Å². The molecule has 4 rings (SSSR count). The van der Waals surface area contributed by atoms with E-state index in [0.717, 1.165) is 12.0 Å². The third-order valence-corrected chi connectivity index (χ3v) is 5.78. The first kappa shape index (κ1) is 22.4. The van der Waals surface area contributed by atoms with Crippen LogP contribution in [0.2, 0.25) is 0 Å². The number of carbonyl (C=O) groups excluding carboxylic acids is 2. The van der Waals surface area contributed by atoms with E-state index in [9.17, 15) is 9.59 Å². The van der Waals surface area contributed by atoms with Gasteiger partial charge < -0.3 is 14.4 Å². The van der Waals surface area contributed by atoms with Crippen LogP contribution in [0, 0.1) is 5.92 Å². The summed E-state index contributed by atoms with van der Waals surface area (Å²) in [4.78, 5) is 28.0. The number of ether oxygens (including phenoxy) is 2. The molecule has 0 radical (unpaired) electrons. The molecule has 2 atom stereocenters. The van der Waals surface area contributed by atoms with Crippen LogP contribution in [-0.4, -0.2) is 39.2 Å². The zero-order chi connectivity index (χ0) is 23.2. The minimum Gasteiger partial charge on any atom is -0.497 e. The lowest BCUT2D eigenvalue weighted by atomic mass is 9.84. The van der Waals surface area contributed by atoms with Crippen LogP contribution in [0.25, 0.3) is 0 Å². The molecule has 1 aromatic heterocycles. The highest BCUT2D eigenvalue weighted by Crippen LogP contribution is 2.41. The van der Waals surface area contributed by atoms with Gasteiger partial charge >= 0.3 is 5.97 Å². The normalized spacial score (nSPS) is 18.2. The van der Waals surface area contributed by atoms with Gasteiger partial charge in [-0.3, -0.25) is 9.59 Å². The monoisotopic (exact) mass is 449 g/mol. The lowest BCUT2D eigenvalue weighted by Crippen LogP contribution is -2.46. The maximum atomic E-state index is 13.3. The van der Waals surface area contributed by atoms with Crippen LogP contribution in [-0.2, 0) is 27.5 Å². The van der Waals surface area contributed by atoms with Crippen LogP contribution in [0.5, 0.6) is 5.75 Å². The number of benzene rings is 2. The molecular weight excluding hydrogens is 422 g/mol. The number of aryl methyl sites for hydroxylation is 1. The smallest absolute Gasteiger partial charge is 0.311 e. The van der Waals surface area contributed by atoms with Crippen LogP contribution in [0.3, 0.4) is 0 Å². The zero-order valence-electron chi connectivity index (χ0n) is 18.8. The first-order chi connectivity index (χ1) is 16.1. The van der Waals surface area contributed by atoms with Crippen LogP contribution >= 0.6 is 0 Å². The summed E-state index contributed by atoms with van der Waals surface area (Å²) in [7, 11) is 1.59. The third kappa shape index (κ3) is 4.87. The van der Waals surface area contributed by atoms with Gasteiger partial charge in [-0.05, 0) is 53.1 Å². The molecule has 2 heterocycles. The number of esters is 1. The lowest BCUT2D eigenvalue weighted by molar-refractivity contribution is -0.152. The Morgan fingerprint density at radius 2 is 1.88 bits per heavy atom. The number of piperidine rings is 1. The fourth-order valence-corrected chi connectivity index (χ4v) is 4.17. The largest absolute Gasteiger partial charge is 0.497 e. The average molecular weight is 450 g/mol. The maximum absolute atomic E-state index is 13.3. The van der Waals surface area contributed by atoms with Crippen molar-refractivity contribution in [1.29, 1.82) is 0 Å². The predicted octanol–water partition coefficient (Wildman–Crippen LogP) is 3.32. The number of hydrogen-bond donors (Lipinski definition) is 0. The molecule has 1 fully saturated rings. The molecule has 1 saturated heterocycles. The van der Waals surface area contributed by atoms with Crippen molar-refractivity contribution in [2.75, 3.05) is 12.0 Å². The van der Waals surface area contributed by atoms with Gasteiger partial charge in [-0.25, -0.2) is 4.68 Å². The summed E-state index contributed by atoms with van der Waals surface area (Å²) in [5.74, 6) is 0.258. The van der Waals surface area contributed by atoms with E-state index < -0.39 is 12.0 Å². The van der Waals surface area contributed by atoms with Crippen molar-refractivity contribution in [3.05, 3.63) is 66.0 Å². The van der Waals surface area contributed by atoms with Crippen LogP contribution < -0.4 is 9.64 Å². The molecular formula is C24H27N5O4. The molecule has 0 saturated carbocycles. The number of amides is 1. The number of hydrogen-bond acceptors (Lipinski definition) is 7. The van der Waals surface area contributed by atoms with Crippen LogP contribution in [0.1, 0.15) is 43.6 Å². The van der Waals surface area contributed by atoms with Gasteiger partial charge in [-0.15, -0.1) is 5.10 Å². The Morgan fingerprint density at radius 3 is 2.58 bits per heavy atom. The standard InChI is InChI=1S/C24H27N5O4/c1-3-15-28-21(25-26-27-28)16-33-24(31)20-13-14-22(30)29(18-9-11-19(32-2)12-10-18)23(20)17-7-5-4-6-8-17/h4-12,20,23H,3,13-16H2,1-2H3/t20-,23+/m0/s1. The molecule has 3 aromatic rings. The van der Waals surface area contributed by atoms with E-state index in [1.54, 1.807) is 28.8 Å². The molecule has 172 valence electrons. The number of carbonyl (C=O) groups is 2. The fourth-order valence-electron chi connectivity index (χ4n) is 4.17. The van der Waals surface area contributed by atoms with Crippen LogP contribution in [0.4, 0.5) is 5.69 Å². The topological polar surface area (TPSA) is 99.4 Å². The molecule has 1 aliphatic heterocycles. The Balaban J connectivity index is 1.62. The molecule has 1 aliphatic rings. The second-order valence-electron chi connectivity index (χ2n) is 7.89. The maximum Gasteiger partial charge on any atom is 0.311 e. The summed E-state index contributed by atoms with van der Waals surface area (Å²) in [5.41, 5.74) is 1.58. The van der Waals surface area contributed by atoms with Gasteiger partial charge in [0.25, 0.3) is 0 Å². The Morgan fingerprint density at radius 1 is 1.12 bits per heavy atom. The molecule has 0 N–H and O–H groups in total. The Hall–Kier alpha value is -3.75. The minimum atomic E-state index is -0.525. The van der Waals surface area contributed by atoms with Crippen molar-refractivity contribution in [3.63, 3.8) is 0 Å². The number of methoxy groups -OCH3 is 1. The van der Waals surface area contributed by atoms with Crippen LogP contribution in [0.15, 0.2) is 54.6 Å². The number of rotatable bonds is 8. The second kappa shape index (κ2) is 10.2. The first-order valence-electron chi connectivity index (χ1n) is 11.0. The molecule has 0 bridgehead atoms. The molecule has 0 aliphatic carbocycles. The minimum absolute atomic E-state index is 0.0136. The zero-order valence-corrected chi connectivity index (χ0v) is 18.8. The van der Waals surface area contributed by atoms with Gasteiger partial charge in [-0.1, -0.05) is 37.3 Å². The molecule has 33 heavy (non-hydrogen) atoms. The average Bonchev–Trinajstić information content (AvgIpc) is 3.30. The van der Waals surface area contributed by atoms with Crippen molar-refractivity contribution >= 4 is 17.6 Å². The van der Waals surface area contributed by atoms with Gasteiger partial charge in [0, 0.05) is 18.7 Å². The second-order valence-corrected chi connectivity index (χ2v) is 7.89.